The maximum absolute atomic E-state index is 12.7. The van der Waals surface area contributed by atoms with E-state index < -0.39 is 0 Å². The van der Waals surface area contributed by atoms with E-state index in [1.807, 2.05) is 44.2 Å². The van der Waals surface area contributed by atoms with Gasteiger partial charge in [-0.05, 0) is 50.6 Å². The van der Waals surface area contributed by atoms with Gasteiger partial charge >= 0.3 is 0 Å². The Bertz CT molecular complexity index is 966. The lowest BCUT2D eigenvalue weighted by Gasteiger charge is -2.11. The van der Waals surface area contributed by atoms with Gasteiger partial charge in [-0.3, -0.25) is 4.79 Å². The van der Waals surface area contributed by atoms with E-state index in [1.165, 1.54) is 0 Å². The first kappa shape index (κ1) is 18.4. The number of benzene rings is 2. The van der Waals surface area contributed by atoms with Crippen molar-refractivity contribution in [3.8, 4) is 17.2 Å². The summed E-state index contributed by atoms with van der Waals surface area (Å²) in [7, 11) is 1.60. The SMILES string of the molecule is CCOc1ccccc1NC(=O)c1nnn(-c2cc(C)ccc2OC)c1C. The van der Waals surface area contributed by atoms with E-state index in [-0.39, 0.29) is 11.6 Å². The number of para-hydroxylation sites is 2. The first-order chi connectivity index (χ1) is 13.0. The van der Waals surface area contributed by atoms with Crippen LogP contribution in [0.2, 0.25) is 0 Å². The van der Waals surface area contributed by atoms with Gasteiger partial charge in [0.1, 0.15) is 17.2 Å². The standard InChI is InChI=1S/C20H22N4O3/c1-5-27-17-9-7-6-8-15(17)21-20(25)19-14(3)24(23-22-19)16-12-13(2)10-11-18(16)26-4/h6-12H,5H2,1-4H3,(H,21,25). The number of hydrogen-bond acceptors (Lipinski definition) is 5. The van der Waals surface area contributed by atoms with Crippen LogP contribution in [0.4, 0.5) is 5.69 Å². The molecule has 0 unspecified atom stereocenters. The zero-order chi connectivity index (χ0) is 19.4. The second kappa shape index (κ2) is 7.90. The van der Waals surface area contributed by atoms with Crippen LogP contribution in [0, 0.1) is 13.8 Å². The zero-order valence-corrected chi connectivity index (χ0v) is 15.8. The van der Waals surface area contributed by atoms with Gasteiger partial charge in [0.05, 0.1) is 25.1 Å². The fourth-order valence-electron chi connectivity index (χ4n) is 2.77. The summed E-state index contributed by atoms with van der Waals surface area (Å²) < 4.78 is 12.6. The van der Waals surface area contributed by atoms with Crippen molar-refractivity contribution in [2.45, 2.75) is 20.8 Å². The van der Waals surface area contributed by atoms with Gasteiger partial charge in [0, 0.05) is 0 Å². The van der Waals surface area contributed by atoms with Crippen LogP contribution in [0.5, 0.6) is 11.5 Å². The number of aromatic nitrogens is 3. The molecule has 0 aliphatic carbocycles. The summed E-state index contributed by atoms with van der Waals surface area (Å²) in [5.41, 5.74) is 3.23. The zero-order valence-electron chi connectivity index (χ0n) is 15.8. The monoisotopic (exact) mass is 366 g/mol. The highest BCUT2D eigenvalue weighted by Crippen LogP contribution is 2.27. The normalized spacial score (nSPS) is 10.5. The second-order valence-electron chi connectivity index (χ2n) is 5.99. The highest BCUT2D eigenvalue weighted by Gasteiger charge is 2.20. The van der Waals surface area contributed by atoms with E-state index in [9.17, 15) is 4.79 Å². The molecule has 3 aromatic rings. The highest BCUT2D eigenvalue weighted by atomic mass is 16.5. The Balaban J connectivity index is 1.92. The van der Waals surface area contributed by atoms with Crippen LogP contribution >= 0.6 is 0 Å². The lowest BCUT2D eigenvalue weighted by molar-refractivity contribution is 0.102. The van der Waals surface area contributed by atoms with Crippen molar-refractivity contribution in [2.24, 2.45) is 0 Å². The summed E-state index contributed by atoms with van der Waals surface area (Å²) in [6.45, 7) is 6.18. The fourth-order valence-corrected chi connectivity index (χ4v) is 2.77. The Morgan fingerprint density at radius 1 is 1.15 bits per heavy atom. The number of ether oxygens (including phenoxy) is 2. The summed E-state index contributed by atoms with van der Waals surface area (Å²) in [5, 5.41) is 11.1. The molecule has 0 saturated heterocycles. The van der Waals surface area contributed by atoms with E-state index in [0.717, 1.165) is 11.3 Å². The minimum absolute atomic E-state index is 0.241. The second-order valence-corrected chi connectivity index (χ2v) is 5.99. The highest BCUT2D eigenvalue weighted by molar-refractivity contribution is 6.04. The minimum atomic E-state index is -0.350. The predicted molar refractivity (Wildman–Crippen MR) is 103 cm³/mol. The van der Waals surface area contributed by atoms with Crippen molar-refractivity contribution in [3.63, 3.8) is 0 Å². The lowest BCUT2D eigenvalue weighted by Crippen LogP contribution is -2.15. The number of amides is 1. The Kier molecular flexibility index (Phi) is 5.40. The van der Waals surface area contributed by atoms with Crippen LogP contribution in [0.1, 0.15) is 28.7 Å². The summed E-state index contributed by atoms with van der Waals surface area (Å²) in [4.78, 5) is 12.7. The summed E-state index contributed by atoms with van der Waals surface area (Å²) in [6.07, 6.45) is 0. The molecular weight excluding hydrogens is 344 g/mol. The van der Waals surface area contributed by atoms with Crippen LogP contribution in [-0.2, 0) is 0 Å². The molecule has 2 aromatic carbocycles. The van der Waals surface area contributed by atoms with Crippen molar-refractivity contribution in [3.05, 3.63) is 59.4 Å². The van der Waals surface area contributed by atoms with Crippen LogP contribution in [0.25, 0.3) is 5.69 Å². The molecule has 0 aliphatic heterocycles. The maximum Gasteiger partial charge on any atom is 0.278 e. The molecule has 1 N–H and O–H groups in total. The van der Waals surface area contributed by atoms with Crippen LogP contribution in [0.3, 0.4) is 0 Å². The predicted octanol–water partition coefficient (Wildman–Crippen LogP) is 3.54. The van der Waals surface area contributed by atoms with Gasteiger partial charge < -0.3 is 14.8 Å². The topological polar surface area (TPSA) is 78.3 Å². The molecule has 0 bridgehead atoms. The van der Waals surface area contributed by atoms with Crippen LogP contribution < -0.4 is 14.8 Å². The van der Waals surface area contributed by atoms with Gasteiger partial charge in [-0.2, -0.15) is 0 Å². The van der Waals surface area contributed by atoms with E-state index in [0.29, 0.717) is 29.5 Å². The van der Waals surface area contributed by atoms with Crippen molar-refractivity contribution < 1.29 is 14.3 Å². The molecule has 0 atom stereocenters. The molecule has 1 amide bonds. The number of nitrogens with one attached hydrogen (secondary N) is 1. The van der Waals surface area contributed by atoms with Gasteiger partial charge in [0.15, 0.2) is 5.69 Å². The molecule has 1 aromatic heterocycles. The summed E-state index contributed by atoms with van der Waals surface area (Å²) in [5.74, 6) is 0.915. The average molecular weight is 366 g/mol. The summed E-state index contributed by atoms with van der Waals surface area (Å²) >= 11 is 0. The van der Waals surface area contributed by atoms with Gasteiger partial charge in [0.2, 0.25) is 0 Å². The van der Waals surface area contributed by atoms with Crippen molar-refractivity contribution >= 4 is 11.6 Å². The smallest absolute Gasteiger partial charge is 0.278 e. The van der Waals surface area contributed by atoms with Gasteiger partial charge in [-0.15, -0.1) is 5.10 Å². The Labute approximate surface area is 157 Å². The van der Waals surface area contributed by atoms with E-state index in [4.69, 9.17) is 9.47 Å². The number of carbonyl (C=O) groups excluding carboxylic acids is 1. The third-order valence-corrected chi connectivity index (χ3v) is 4.11. The van der Waals surface area contributed by atoms with E-state index in [2.05, 4.69) is 15.6 Å². The number of carbonyl (C=O) groups is 1. The molecular formula is C20H22N4O3. The van der Waals surface area contributed by atoms with Crippen molar-refractivity contribution in [2.75, 3.05) is 19.0 Å². The Morgan fingerprint density at radius 2 is 1.93 bits per heavy atom. The van der Waals surface area contributed by atoms with E-state index >= 15 is 0 Å². The Hall–Kier alpha value is -3.35. The average Bonchev–Trinajstić information content (AvgIpc) is 3.05. The van der Waals surface area contributed by atoms with Crippen LogP contribution in [0.15, 0.2) is 42.5 Å². The van der Waals surface area contributed by atoms with Crippen molar-refractivity contribution in [1.29, 1.82) is 0 Å². The van der Waals surface area contributed by atoms with Gasteiger partial charge in [-0.1, -0.05) is 23.4 Å². The molecule has 7 heteroatoms. The summed E-state index contributed by atoms with van der Waals surface area (Å²) in [6, 6.07) is 13.0. The molecule has 0 saturated carbocycles. The number of anilines is 1. The minimum Gasteiger partial charge on any atom is -0.494 e. The fraction of sp³-hybridized carbons (Fsp3) is 0.250. The molecule has 27 heavy (non-hydrogen) atoms. The maximum atomic E-state index is 12.7. The first-order valence-electron chi connectivity index (χ1n) is 8.65. The molecule has 1 heterocycles. The molecule has 0 spiro atoms. The third-order valence-electron chi connectivity index (χ3n) is 4.11. The molecule has 0 fully saturated rings. The quantitative estimate of drug-likeness (QED) is 0.722. The number of hydrogen-bond donors (Lipinski definition) is 1. The number of rotatable bonds is 6. The first-order valence-corrected chi connectivity index (χ1v) is 8.65. The number of nitrogens with zero attached hydrogens (tertiary/aromatic N) is 3. The number of aryl methyl sites for hydroxylation is 1. The van der Waals surface area contributed by atoms with Gasteiger partial charge in [-0.25, -0.2) is 4.68 Å². The number of methoxy groups -OCH3 is 1. The molecule has 3 rings (SSSR count). The molecule has 7 nitrogen and oxygen atoms in total. The molecule has 140 valence electrons. The van der Waals surface area contributed by atoms with E-state index in [1.54, 1.807) is 30.8 Å². The third kappa shape index (κ3) is 3.76. The molecule has 0 aliphatic rings. The largest absolute Gasteiger partial charge is 0.494 e. The van der Waals surface area contributed by atoms with Crippen molar-refractivity contribution in [1.82, 2.24) is 15.0 Å². The molecule has 0 radical (unpaired) electrons. The van der Waals surface area contributed by atoms with Gasteiger partial charge in [0.25, 0.3) is 5.91 Å². The van der Waals surface area contributed by atoms with Crippen LogP contribution in [-0.4, -0.2) is 34.6 Å². The Morgan fingerprint density at radius 3 is 2.67 bits per heavy atom. The lowest BCUT2D eigenvalue weighted by atomic mass is 10.2.